The van der Waals surface area contributed by atoms with E-state index in [-0.39, 0.29) is 0 Å². The number of hydrogen-bond donors (Lipinski definition) is 1. The van der Waals surface area contributed by atoms with E-state index < -0.39 is 5.79 Å². The summed E-state index contributed by atoms with van der Waals surface area (Å²) in [4.78, 5) is 0. The van der Waals surface area contributed by atoms with Crippen LogP contribution in [0.4, 0.5) is 0 Å². The van der Waals surface area contributed by atoms with E-state index in [1.54, 1.807) is 0 Å². The fraction of sp³-hybridized carbons (Fsp3) is 0.625. The third-order valence-corrected chi connectivity index (χ3v) is 5.03. The van der Waals surface area contributed by atoms with E-state index in [2.05, 4.69) is 11.4 Å². The molecule has 4 rings (SSSR count). The molecule has 108 valence electrons. The Labute approximate surface area is 124 Å². The maximum atomic E-state index is 6.46. The molecule has 4 heteroatoms. The number of fused-ring (bicyclic) bond motifs is 1. The average molecular weight is 294 g/mol. The van der Waals surface area contributed by atoms with Crippen molar-refractivity contribution in [2.45, 2.75) is 56.8 Å². The first-order chi connectivity index (χ1) is 9.76. The van der Waals surface area contributed by atoms with Crippen molar-refractivity contribution in [3.63, 3.8) is 0 Å². The second kappa shape index (κ2) is 4.81. The first kappa shape index (κ1) is 12.8. The Morgan fingerprint density at radius 3 is 2.50 bits per heavy atom. The highest BCUT2D eigenvalue weighted by Crippen LogP contribution is 2.49. The monoisotopic (exact) mass is 293 g/mol. The summed E-state index contributed by atoms with van der Waals surface area (Å²) >= 11 is 6.46. The minimum absolute atomic E-state index is 0.352. The van der Waals surface area contributed by atoms with Crippen LogP contribution in [0.25, 0.3) is 0 Å². The lowest BCUT2D eigenvalue weighted by atomic mass is 9.97. The Morgan fingerprint density at radius 2 is 1.80 bits per heavy atom. The molecule has 1 saturated heterocycles. The van der Waals surface area contributed by atoms with Crippen molar-refractivity contribution in [3.05, 3.63) is 22.7 Å². The molecular formula is C16H20ClNO2. The van der Waals surface area contributed by atoms with E-state index >= 15 is 0 Å². The lowest BCUT2D eigenvalue weighted by Gasteiger charge is -2.24. The maximum absolute atomic E-state index is 6.46. The summed E-state index contributed by atoms with van der Waals surface area (Å²) in [6, 6.07) is 4.38. The van der Waals surface area contributed by atoms with E-state index in [0.29, 0.717) is 6.04 Å². The highest BCUT2D eigenvalue weighted by atomic mass is 35.5. The van der Waals surface area contributed by atoms with E-state index in [1.165, 1.54) is 25.7 Å². The van der Waals surface area contributed by atoms with Crippen molar-refractivity contribution in [3.8, 4) is 11.5 Å². The van der Waals surface area contributed by atoms with Gasteiger partial charge in [0.15, 0.2) is 11.5 Å². The molecule has 3 aliphatic rings. The number of benzene rings is 1. The summed E-state index contributed by atoms with van der Waals surface area (Å²) in [5, 5.41) is 4.34. The summed E-state index contributed by atoms with van der Waals surface area (Å²) in [5.74, 6) is 1.29. The van der Waals surface area contributed by atoms with Gasteiger partial charge in [-0.1, -0.05) is 18.0 Å². The van der Waals surface area contributed by atoms with Crippen molar-refractivity contribution >= 4 is 11.6 Å². The van der Waals surface area contributed by atoms with Gasteiger partial charge in [0.2, 0.25) is 0 Å². The van der Waals surface area contributed by atoms with Crippen molar-refractivity contribution in [2.24, 2.45) is 0 Å². The number of halogens is 1. The average Bonchev–Trinajstić information content (AvgIpc) is 3.05. The van der Waals surface area contributed by atoms with E-state index in [9.17, 15) is 0 Å². The van der Waals surface area contributed by atoms with Gasteiger partial charge in [-0.2, -0.15) is 0 Å². The zero-order valence-electron chi connectivity index (χ0n) is 11.6. The van der Waals surface area contributed by atoms with Crippen LogP contribution in [0.2, 0.25) is 5.02 Å². The maximum Gasteiger partial charge on any atom is 0.251 e. The summed E-state index contributed by atoms with van der Waals surface area (Å²) in [5.41, 5.74) is 1.16. The lowest BCUT2D eigenvalue weighted by molar-refractivity contribution is -0.0716. The van der Waals surface area contributed by atoms with Crippen molar-refractivity contribution in [2.75, 3.05) is 6.54 Å². The first-order valence-electron chi connectivity index (χ1n) is 7.71. The fourth-order valence-electron chi connectivity index (χ4n) is 3.63. The molecule has 1 aromatic rings. The number of hydrogen-bond acceptors (Lipinski definition) is 3. The highest BCUT2D eigenvalue weighted by Gasteiger charge is 2.44. The van der Waals surface area contributed by atoms with Gasteiger partial charge in [-0.05, 0) is 43.9 Å². The van der Waals surface area contributed by atoms with Gasteiger partial charge in [-0.15, -0.1) is 0 Å². The fourth-order valence-corrected chi connectivity index (χ4v) is 3.92. The SMILES string of the molecule is Clc1cc2c(cc1C1CCCCN1)OC1(CCCC1)O2. The molecule has 2 heterocycles. The molecular weight excluding hydrogens is 274 g/mol. The molecule has 1 aromatic carbocycles. The molecule has 0 bridgehead atoms. The Hall–Kier alpha value is -0.930. The molecule has 1 saturated carbocycles. The van der Waals surface area contributed by atoms with Crippen molar-refractivity contribution < 1.29 is 9.47 Å². The largest absolute Gasteiger partial charge is 0.448 e. The normalized spacial score (nSPS) is 27.1. The molecule has 20 heavy (non-hydrogen) atoms. The predicted octanol–water partition coefficient (Wildman–Crippen LogP) is 4.20. The smallest absolute Gasteiger partial charge is 0.251 e. The van der Waals surface area contributed by atoms with Crippen molar-refractivity contribution in [1.82, 2.24) is 5.32 Å². The third kappa shape index (κ3) is 2.08. The molecule has 1 N–H and O–H groups in total. The minimum atomic E-state index is -0.399. The van der Waals surface area contributed by atoms with Crippen LogP contribution in [0.5, 0.6) is 11.5 Å². The second-order valence-electron chi connectivity index (χ2n) is 6.14. The minimum Gasteiger partial charge on any atom is -0.448 e. The van der Waals surface area contributed by atoms with Crippen molar-refractivity contribution in [1.29, 1.82) is 0 Å². The number of ether oxygens (including phenoxy) is 2. The summed E-state index contributed by atoms with van der Waals surface area (Å²) < 4.78 is 12.2. The molecule has 1 atom stereocenters. The second-order valence-corrected chi connectivity index (χ2v) is 6.55. The Balaban J connectivity index is 1.64. The van der Waals surface area contributed by atoms with Gasteiger partial charge in [0.1, 0.15) is 0 Å². The van der Waals surface area contributed by atoms with Crippen LogP contribution in [-0.2, 0) is 0 Å². The zero-order valence-corrected chi connectivity index (χ0v) is 12.3. The van der Waals surface area contributed by atoms with Gasteiger partial charge in [0.05, 0.1) is 0 Å². The molecule has 2 fully saturated rings. The topological polar surface area (TPSA) is 30.5 Å². The predicted molar refractivity (Wildman–Crippen MR) is 78.5 cm³/mol. The van der Waals surface area contributed by atoms with Gasteiger partial charge >= 0.3 is 0 Å². The standard InChI is InChI=1S/C16H20ClNO2/c17-12-10-15-14(19-16(20-15)6-2-3-7-16)9-11(12)13-5-1-4-8-18-13/h9-10,13,18H,1-8H2. The van der Waals surface area contributed by atoms with Gasteiger partial charge in [-0.3, -0.25) is 0 Å². The number of piperidine rings is 1. The quantitative estimate of drug-likeness (QED) is 0.842. The third-order valence-electron chi connectivity index (χ3n) is 4.71. The lowest BCUT2D eigenvalue weighted by Crippen LogP contribution is -2.34. The van der Waals surface area contributed by atoms with Crippen LogP contribution < -0.4 is 14.8 Å². The van der Waals surface area contributed by atoms with Crippen LogP contribution in [0.1, 0.15) is 56.6 Å². The van der Waals surface area contributed by atoms with E-state index in [4.69, 9.17) is 21.1 Å². The Kier molecular flexibility index (Phi) is 3.08. The Bertz CT molecular complexity index is 519. The van der Waals surface area contributed by atoms with Crippen LogP contribution >= 0.6 is 11.6 Å². The molecule has 1 aliphatic carbocycles. The van der Waals surface area contributed by atoms with Crippen LogP contribution in [-0.4, -0.2) is 12.3 Å². The highest BCUT2D eigenvalue weighted by molar-refractivity contribution is 6.31. The molecule has 2 aliphatic heterocycles. The van der Waals surface area contributed by atoms with Gasteiger partial charge in [-0.25, -0.2) is 0 Å². The molecule has 0 aromatic heterocycles. The summed E-state index contributed by atoms with van der Waals surface area (Å²) in [6.07, 6.45) is 7.98. The molecule has 3 nitrogen and oxygen atoms in total. The number of nitrogens with one attached hydrogen (secondary N) is 1. The Morgan fingerprint density at radius 1 is 1.05 bits per heavy atom. The first-order valence-corrected chi connectivity index (χ1v) is 8.08. The molecule has 0 radical (unpaired) electrons. The molecule has 1 spiro atoms. The number of rotatable bonds is 1. The molecule has 0 amide bonds. The molecule has 1 unspecified atom stereocenters. The zero-order chi connectivity index (χ0) is 13.6. The van der Waals surface area contributed by atoms with E-state index in [0.717, 1.165) is 47.9 Å². The van der Waals surface area contributed by atoms with Gasteiger partial charge in [0.25, 0.3) is 5.79 Å². The van der Waals surface area contributed by atoms with Gasteiger partial charge < -0.3 is 14.8 Å². The van der Waals surface area contributed by atoms with Crippen LogP contribution in [0.3, 0.4) is 0 Å². The summed E-state index contributed by atoms with van der Waals surface area (Å²) in [7, 11) is 0. The van der Waals surface area contributed by atoms with E-state index in [1.807, 2.05) is 6.07 Å². The van der Waals surface area contributed by atoms with Gasteiger partial charge in [0, 0.05) is 30.0 Å². The summed E-state index contributed by atoms with van der Waals surface area (Å²) in [6.45, 7) is 1.07. The van der Waals surface area contributed by atoms with Crippen LogP contribution in [0.15, 0.2) is 12.1 Å². The van der Waals surface area contributed by atoms with Crippen LogP contribution in [0, 0.1) is 0 Å².